The van der Waals surface area contributed by atoms with Gasteiger partial charge in [-0.1, -0.05) is 34.6 Å². The lowest BCUT2D eigenvalue weighted by Gasteiger charge is -2.26. The van der Waals surface area contributed by atoms with Crippen LogP contribution in [0.2, 0.25) is 0 Å². The maximum atomic E-state index is 3.39. The predicted molar refractivity (Wildman–Crippen MR) is 51.8 cm³/mol. The Morgan fingerprint density at radius 2 is 1.82 bits per heavy atom. The topological polar surface area (TPSA) is 12.0 Å². The van der Waals surface area contributed by atoms with E-state index in [1.165, 1.54) is 6.42 Å². The van der Waals surface area contributed by atoms with E-state index >= 15 is 0 Å². The highest BCUT2D eigenvalue weighted by Gasteiger charge is 2.17. The molecule has 0 saturated carbocycles. The minimum Gasteiger partial charge on any atom is -0.316 e. The molecule has 0 amide bonds. The van der Waals surface area contributed by atoms with Crippen molar-refractivity contribution in [1.82, 2.24) is 5.32 Å². The molecule has 0 aromatic rings. The van der Waals surface area contributed by atoms with Gasteiger partial charge in [0.25, 0.3) is 0 Å². The lowest BCUT2D eigenvalue weighted by Crippen LogP contribution is -2.30. The van der Waals surface area contributed by atoms with Crippen LogP contribution in [0.4, 0.5) is 0 Å². The first kappa shape index (κ1) is 11.0. The molecule has 0 fully saturated rings. The molecular formula is C10H23N. The Morgan fingerprint density at radius 3 is 2.18 bits per heavy atom. The third-order valence-electron chi connectivity index (χ3n) is 1.81. The van der Waals surface area contributed by atoms with Crippen molar-refractivity contribution in [1.29, 1.82) is 0 Å². The first-order valence-electron chi connectivity index (χ1n) is 4.68. The van der Waals surface area contributed by atoms with Crippen molar-refractivity contribution >= 4 is 0 Å². The molecule has 0 aliphatic heterocycles. The lowest BCUT2D eigenvalue weighted by molar-refractivity contribution is 0.275. The average molecular weight is 157 g/mol. The smallest absolute Gasteiger partial charge is 0.000250 e. The van der Waals surface area contributed by atoms with Gasteiger partial charge in [-0.15, -0.1) is 0 Å². The van der Waals surface area contributed by atoms with Gasteiger partial charge >= 0.3 is 0 Å². The van der Waals surface area contributed by atoms with Gasteiger partial charge < -0.3 is 5.32 Å². The summed E-state index contributed by atoms with van der Waals surface area (Å²) in [5.41, 5.74) is 0.462. The number of hydrogen-bond acceptors (Lipinski definition) is 1. The van der Waals surface area contributed by atoms with Crippen LogP contribution < -0.4 is 5.32 Å². The second-order valence-electron chi connectivity index (χ2n) is 4.54. The van der Waals surface area contributed by atoms with Crippen LogP contribution in [-0.4, -0.2) is 13.1 Å². The fourth-order valence-electron chi connectivity index (χ4n) is 1.64. The summed E-state index contributed by atoms with van der Waals surface area (Å²) in [6.45, 7) is 13.6. The maximum absolute atomic E-state index is 3.39. The van der Waals surface area contributed by atoms with Crippen molar-refractivity contribution in [2.24, 2.45) is 11.3 Å². The fraction of sp³-hybridized carbons (Fsp3) is 1.00. The van der Waals surface area contributed by atoms with Crippen LogP contribution in [0.1, 0.15) is 41.0 Å². The highest BCUT2D eigenvalue weighted by atomic mass is 14.9. The predicted octanol–water partition coefficient (Wildman–Crippen LogP) is 2.67. The third kappa shape index (κ3) is 6.36. The van der Waals surface area contributed by atoms with Gasteiger partial charge in [0.05, 0.1) is 0 Å². The standard InChI is InChI=1S/C10H23N/c1-6-11-8-10(4,5)7-9(2)3/h9,11H,6-8H2,1-5H3. The van der Waals surface area contributed by atoms with Crippen molar-refractivity contribution in [3.05, 3.63) is 0 Å². The van der Waals surface area contributed by atoms with Gasteiger partial charge in [0.1, 0.15) is 0 Å². The lowest BCUT2D eigenvalue weighted by atomic mass is 9.84. The zero-order valence-electron chi connectivity index (χ0n) is 8.70. The molecule has 0 rings (SSSR count). The van der Waals surface area contributed by atoms with Gasteiger partial charge in [0, 0.05) is 6.54 Å². The molecule has 1 nitrogen and oxygen atoms in total. The molecule has 0 unspecified atom stereocenters. The molecule has 0 heterocycles. The van der Waals surface area contributed by atoms with Crippen molar-refractivity contribution in [2.45, 2.75) is 41.0 Å². The number of nitrogens with one attached hydrogen (secondary N) is 1. The van der Waals surface area contributed by atoms with E-state index in [0.717, 1.165) is 19.0 Å². The normalized spacial score (nSPS) is 12.5. The Morgan fingerprint density at radius 1 is 1.27 bits per heavy atom. The van der Waals surface area contributed by atoms with E-state index in [0.29, 0.717) is 5.41 Å². The molecule has 0 aromatic carbocycles. The van der Waals surface area contributed by atoms with Crippen molar-refractivity contribution < 1.29 is 0 Å². The monoisotopic (exact) mass is 157 g/mol. The second-order valence-corrected chi connectivity index (χ2v) is 4.54. The Kier molecular flexibility index (Phi) is 4.74. The van der Waals surface area contributed by atoms with E-state index in [2.05, 4.69) is 39.9 Å². The molecule has 68 valence electrons. The Hall–Kier alpha value is -0.0400. The van der Waals surface area contributed by atoms with Gasteiger partial charge in [0.2, 0.25) is 0 Å². The number of rotatable bonds is 5. The highest BCUT2D eigenvalue weighted by molar-refractivity contribution is 4.72. The Bertz CT molecular complexity index is 95.0. The van der Waals surface area contributed by atoms with Crippen molar-refractivity contribution in [3.8, 4) is 0 Å². The van der Waals surface area contributed by atoms with E-state index in [9.17, 15) is 0 Å². The highest BCUT2D eigenvalue weighted by Crippen LogP contribution is 2.23. The molecule has 0 aromatic heterocycles. The zero-order valence-corrected chi connectivity index (χ0v) is 8.70. The van der Waals surface area contributed by atoms with Crippen LogP contribution in [0.5, 0.6) is 0 Å². The summed E-state index contributed by atoms with van der Waals surface area (Å²) >= 11 is 0. The molecule has 1 heteroatoms. The SMILES string of the molecule is CCNCC(C)(C)CC(C)C. The fourth-order valence-corrected chi connectivity index (χ4v) is 1.64. The molecule has 0 atom stereocenters. The quantitative estimate of drug-likeness (QED) is 0.647. The molecule has 0 bridgehead atoms. The van der Waals surface area contributed by atoms with Gasteiger partial charge in [-0.3, -0.25) is 0 Å². The summed E-state index contributed by atoms with van der Waals surface area (Å²) in [6, 6.07) is 0. The van der Waals surface area contributed by atoms with Crippen molar-refractivity contribution in [2.75, 3.05) is 13.1 Å². The maximum Gasteiger partial charge on any atom is 0.000250 e. The van der Waals surface area contributed by atoms with Gasteiger partial charge in [-0.05, 0) is 24.3 Å². The minimum atomic E-state index is 0.462. The van der Waals surface area contributed by atoms with Crippen LogP contribution in [-0.2, 0) is 0 Å². The van der Waals surface area contributed by atoms with Crippen LogP contribution in [0, 0.1) is 11.3 Å². The summed E-state index contributed by atoms with van der Waals surface area (Å²) in [6.07, 6.45) is 1.31. The summed E-state index contributed by atoms with van der Waals surface area (Å²) < 4.78 is 0. The van der Waals surface area contributed by atoms with E-state index in [-0.39, 0.29) is 0 Å². The molecular weight excluding hydrogens is 134 g/mol. The van der Waals surface area contributed by atoms with E-state index in [1.807, 2.05) is 0 Å². The number of hydrogen-bond donors (Lipinski definition) is 1. The molecule has 0 aliphatic carbocycles. The van der Waals surface area contributed by atoms with Crippen LogP contribution in [0.15, 0.2) is 0 Å². The Balaban J connectivity index is 3.61. The van der Waals surface area contributed by atoms with Crippen molar-refractivity contribution in [3.63, 3.8) is 0 Å². The van der Waals surface area contributed by atoms with Crippen LogP contribution >= 0.6 is 0 Å². The van der Waals surface area contributed by atoms with Crippen LogP contribution in [0.3, 0.4) is 0 Å². The average Bonchev–Trinajstić information content (AvgIpc) is 1.81. The largest absolute Gasteiger partial charge is 0.316 e. The summed E-state index contributed by atoms with van der Waals surface area (Å²) in [4.78, 5) is 0. The van der Waals surface area contributed by atoms with Gasteiger partial charge in [-0.2, -0.15) is 0 Å². The molecule has 0 radical (unpaired) electrons. The summed E-state index contributed by atoms with van der Waals surface area (Å²) in [7, 11) is 0. The Labute approximate surface area is 71.6 Å². The second kappa shape index (κ2) is 4.76. The van der Waals surface area contributed by atoms with E-state index in [4.69, 9.17) is 0 Å². The van der Waals surface area contributed by atoms with E-state index < -0.39 is 0 Å². The third-order valence-corrected chi connectivity index (χ3v) is 1.81. The summed E-state index contributed by atoms with van der Waals surface area (Å²) in [5.74, 6) is 0.809. The van der Waals surface area contributed by atoms with Crippen LogP contribution in [0.25, 0.3) is 0 Å². The van der Waals surface area contributed by atoms with Gasteiger partial charge in [0.15, 0.2) is 0 Å². The molecule has 1 N–H and O–H groups in total. The van der Waals surface area contributed by atoms with E-state index in [1.54, 1.807) is 0 Å². The summed E-state index contributed by atoms with van der Waals surface area (Å²) in [5, 5.41) is 3.39. The molecule has 0 spiro atoms. The van der Waals surface area contributed by atoms with Gasteiger partial charge in [-0.25, -0.2) is 0 Å². The minimum absolute atomic E-state index is 0.462. The molecule has 11 heavy (non-hydrogen) atoms. The zero-order chi connectivity index (χ0) is 8.91. The molecule has 0 aliphatic rings. The first-order chi connectivity index (χ1) is 4.98. The first-order valence-corrected chi connectivity index (χ1v) is 4.68. The molecule has 0 saturated heterocycles.